The van der Waals surface area contributed by atoms with E-state index in [0.717, 1.165) is 20.0 Å². The molecule has 1 atom stereocenters. The monoisotopic (exact) mass is 483 g/mol. The van der Waals surface area contributed by atoms with E-state index in [9.17, 15) is 4.79 Å². The highest BCUT2D eigenvalue weighted by atomic mass is 127. The minimum Gasteiger partial charge on any atom is -0.481 e. The maximum atomic E-state index is 12.7. The van der Waals surface area contributed by atoms with Crippen LogP contribution in [0.25, 0.3) is 10.9 Å². The van der Waals surface area contributed by atoms with E-state index in [1.807, 2.05) is 52.9 Å². The van der Waals surface area contributed by atoms with E-state index in [1.54, 1.807) is 6.21 Å². The number of aromatic nitrogens is 1. The molecule has 1 unspecified atom stereocenters. The highest BCUT2D eigenvalue weighted by molar-refractivity contribution is 14.1. The summed E-state index contributed by atoms with van der Waals surface area (Å²) in [7, 11) is 0. The van der Waals surface area contributed by atoms with E-state index in [-0.39, 0.29) is 5.91 Å². The lowest BCUT2D eigenvalue weighted by molar-refractivity contribution is -0.129. The topological polar surface area (TPSA) is 72.8 Å². The van der Waals surface area contributed by atoms with Crippen molar-refractivity contribution in [1.29, 1.82) is 0 Å². The van der Waals surface area contributed by atoms with E-state index in [0.29, 0.717) is 18.8 Å². The molecule has 1 N–H and O–H groups in total. The van der Waals surface area contributed by atoms with Crippen LogP contribution in [0.15, 0.2) is 29.6 Å². The third-order valence-electron chi connectivity index (χ3n) is 3.88. The molecule has 0 bridgehead atoms. The molecule has 0 spiro atoms. The molecule has 27 heavy (non-hydrogen) atoms. The van der Waals surface area contributed by atoms with E-state index in [1.165, 1.54) is 0 Å². The Hall–Kier alpha value is -1.90. The smallest absolute Gasteiger partial charge is 0.261 e. The van der Waals surface area contributed by atoms with Crippen LogP contribution < -0.4 is 10.1 Å². The number of fused-ring (bicyclic) bond motifs is 1. The number of rotatable bonds is 8. The van der Waals surface area contributed by atoms with Crippen LogP contribution in [0.2, 0.25) is 0 Å². The summed E-state index contributed by atoms with van der Waals surface area (Å²) < 4.78 is 7.06. The highest BCUT2D eigenvalue weighted by Crippen LogP contribution is 2.26. The van der Waals surface area contributed by atoms with Crippen molar-refractivity contribution in [2.75, 3.05) is 6.61 Å². The van der Waals surface area contributed by atoms with Crippen LogP contribution in [0.4, 0.5) is 0 Å². The summed E-state index contributed by atoms with van der Waals surface area (Å²) in [5, 5.41) is 7.79. The number of nitrogens with one attached hydrogen (secondary N) is 1. The van der Waals surface area contributed by atoms with Crippen molar-refractivity contribution in [2.45, 2.75) is 52.7 Å². The molecular weight excluding hydrogens is 457 g/mol. The number of ether oxygens (including phenoxy) is 1. The second-order valence-corrected chi connectivity index (χ2v) is 8.09. The Bertz CT molecular complexity index is 837. The van der Waals surface area contributed by atoms with Gasteiger partial charge in [-0.2, -0.15) is 0 Å². The summed E-state index contributed by atoms with van der Waals surface area (Å²) >= 11 is 2.23. The Morgan fingerprint density at radius 3 is 2.78 bits per heavy atom. The Morgan fingerprint density at radius 1 is 1.37 bits per heavy atom. The van der Waals surface area contributed by atoms with Crippen molar-refractivity contribution < 1.29 is 14.4 Å². The molecule has 146 valence electrons. The number of carbonyl (C=O) groups excluding carboxylic acids is 1. The number of hydrogen-bond donors (Lipinski definition) is 1. The normalized spacial score (nSPS) is 13.0. The standard InChI is InChI=1S/C20H26IN3O3/c1-6-17(19(25)24-20(4,5)12-23-26-7-2)27-16-8-13(3)18-14(10-16)9-15(21)11-22-18/h8-12,17H,6-7H2,1-5H3,(H,24,25). The summed E-state index contributed by atoms with van der Waals surface area (Å²) in [6.45, 7) is 9.96. The number of benzene rings is 1. The van der Waals surface area contributed by atoms with Gasteiger partial charge in [0.15, 0.2) is 6.10 Å². The third-order valence-corrected chi connectivity index (χ3v) is 4.47. The summed E-state index contributed by atoms with van der Waals surface area (Å²) in [4.78, 5) is 22.1. The molecule has 1 heterocycles. The van der Waals surface area contributed by atoms with E-state index in [2.05, 4.69) is 44.1 Å². The SMILES string of the molecule is CCON=CC(C)(C)NC(=O)C(CC)Oc1cc(C)c2ncc(I)cc2c1. The first-order valence-electron chi connectivity index (χ1n) is 8.96. The number of hydrogen-bond acceptors (Lipinski definition) is 5. The molecule has 7 heteroatoms. The van der Waals surface area contributed by atoms with Crippen LogP contribution >= 0.6 is 22.6 Å². The second kappa shape index (κ2) is 9.34. The van der Waals surface area contributed by atoms with Crippen LogP contribution in [0.1, 0.15) is 39.7 Å². The zero-order chi connectivity index (χ0) is 20.0. The molecule has 2 rings (SSSR count). The molecule has 0 aliphatic rings. The van der Waals surface area contributed by atoms with E-state index in [4.69, 9.17) is 9.57 Å². The summed E-state index contributed by atoms with van der Waals surface area (Å²) in [5.41, 5.74) is 1.31. The van der Waals surface area contributed by atoms with Crippen LogP contribution in [-0.2, 0) is 9.63 Å². The molecule has 0 saturated heterocycles. The van der Waals surface area contributed by atoms with Gasteiger partial charge in [0.2, 0.25) is 0 Å². The molecule has 0 saturated carbocycles. The molecule has 2 aromatic rings. The van der Waals surface area contributed by atoms with Gasteiger partial charge in [-0.05, 0) is 80.5 Å². The summed E-state index contributed by atoms with van der Waals surface area (Å²) in [6.07, 6.45) is 3.36. The first kappa shape index (κ1) is 21.4. The van der Waals surface area contributed by atoms with E-state index < -0.39 is 11.6 Å². The van der Waals surface area contributed by atoms with Gasteiger partial charge < -0.3 is 14.9 Å². The van der Waals surface area contributed by atoms with Crippen molar-refractivity contribution in [3.63, 3.8) is 0 Å². The van der Waals surface area contributed by atoms with Gasteiger partial charge in [-0.15, -0.1) is 0 Å². The zero-order valence-electron chi connectivity index (χ0n) is 16.4. The first-order valence-corrected chi connectivity index (χ1v) is 10.0. The fourth-order valence-corrected chi connectivity index (χ4v) is 3.07. The van der Waals surface area contributed by atoms with Gasteiger partial charge in [0, 0.05) is 15.2 Å². The van der Waals surface area contributed by atoms with Crippen molar-refractivity contribution in [3.05, 3.63) is 33.5 Å². The molecule has 0 aliphatic carbocycles. The minimum atomic E-state index is -0.637. The van der Waals surface area contributed by atoms with Gasteiger partial charge in [-0.3, -0.25) is 9.78 Å². The van der Waals surface area contributed by atoms with Crippen molar-refractivity contribution in [3.8, 4) is 5.75 Å². The number of nitrogens with zero attached hydrogens (tertiary/aromatic N) is 2. The highest BCUT2D eigenvalue weighted by Gasteiger charge is 2.25. The van der Waals surface area contributed by atoms with Crippen molar-refractivity contribution in [1.82, 2.24) is 10.3 Å². The molecule has 0 aliphatic heterocycles. The Balaban J connectivity index is 2.16. The van der Waals surface area contributed by atoms with Crippen LogP contribution in [0.5, 0.6) is 5.75 Å². The molecular formula is C20H26IN3O3. The summed E-state index contributed by atoms with van der Waals surface area (Å²) in [5.74, 6) is 0.468. The molecule has 1 aromatic carbocycles. The lowest BCUT2D eigenvalue weighted by atomic mass is 10.1. The molecule has 1 amide bonds. The molecule has 1 aromatic heterocycles. The van der Waals surface area contributed by atoms with Gasteiger partial charge in [0.25, 0.3) is 5.91 Å². The van der Waals surface area contributed by atoms with Crippen molar-refractivity contribution >= 4 is 45.6 Å². The molecule has 6 nitrogen and oxygen atoms in total. The van der Waals surface area contributed by atoms with Gasteiger partial charge in [0.05, 0.1) is 17.3 Å². The predicted molar refractivity (Wildman–Crippen MR) is 116 cm³/mol. The number of carbonyl (C=O) groups is 1. The number of pyridine rings is 1. The first-order chi connectivity index (χ1) is 12.8. The Kier molecular flexibility index (Phi) is 7.41. The number of oxime groups is 1. The van der Waals surface area contributed by atoms with Crippen molar-refractivity contribution in [2.24, 2.45) is 5.16 Å². The number of amides is 1. The van der Waals surface area contributed by atoms with E-state index >= 15 is 0 Å². The number of aryl methyl sites for hydroxylation is 1. The Labute approximate surface area is 173 Å². The van der Waals surface area contributed by atoms with Gasteiger partial charge >= 0.3 is 0 Å². The lowest BCUT2D eigenvalue weighted by Crippen LogP contribution is -2.50. The Morgan fingerprint density at radius 2 is 2.11 bits per heavy atom. The van der Waals surface area contributed by atoms with Crippen LogP contribution in [-0.4, -0.2) is 35.4 Å². The third kappa shape index (κ3) is 6.05. The fourth-order valence-electron chi connectivity index (χ4n) is 2.60. The van der Waals surface area contributed by atoms with Gasteiger partial charge in [-0.1, -0.05) is 12.1 Å². The quantitative estimate of drug-likeness (QED) is 0.347. The lowest BCUT2D eigenvalue weighted by Gasteiger charge is -2.25. The summed E-state index contributed by atoms with van der Waals surface area (Å²) in [6, 6.07) is 5.89. The zero-order valence-corrected chi connectivity index (χ0v) is 18.5. The largest absolute Gasteiger partial charge is 0.481 e. The number of halogens is 1. The second-order valence-electron chi connectivity index (χ2n) is 6.84. The average molecular weight is 483 g/mol. The fraction of sp³-hybridized carbons (Fsp3) is 0.450. The maximum absolute atomic E-state index is 12.7. The van der Waals surface area contributed by atoms with Gasteiger partial charge in [0.1, 0.15) is 12.4 Å². The molecule has 0 radical (unpaired) electrons. The predicted octanol–water partition coefficient (Wildman–Crippen LogP) is 4.22. The maximum Gasteiger partial charge on any atom is 0.261 e. The van der Waals surface area contributed by atoms with Crippen LogP contribution in [0, 0.1) is 10.5 Å². The van der Waals surface area contributed by atoms with Crippen LogP contribution in [0.3, 0.4) is 0 Å². The van der Waals surface area contributed by atoms with Gasteiger partial charge in [-0.25, -0.2) is 0 Å². The minimum absolute atomic E-state index is 0.191. The molecule has 0 fully saturated rings. The average Bonchev–Trinajstić information content (AvgIpc) is 2.58.